The Morgan fingerprint density at radius 3 is 2.64 bits per heavy atom. The number of urea groups is 1. The molecule has 0 aliphatic carbocycles. The van der Waals surface area contributed by atoms with Crippen molar-refractivity contribution in [2.75, 3.05) is 12.4 Å². The van der Waals surface area contributed by atoms with E-state index < -0.39 is 0 Å². The second kappa shape index (κ2) is 12.4. The average Bonchev–Trinajstić information content (AvgIpc) is 2.66. The molecule has 0 heterocycles. The maximum Gasteiger partial charge on any atom is 0.323 e. The molecule has 152 valence electrons. The molecular weight excluding hydrogens is 350 g/mol. The maximum atomic E-state index is 12.2. The van der Waals surface area contributed by atoms with E-state index in [1.165, 1.54) is 0 Å². The minimum absolute atomic E-state index is 0.322. The minimum atomic E-state index is -0.322. The van der Waals surface area contributed by atoms with Crippen LogP contribution in [0.2, 0.25) is 0 Å². The van der Waals surface area contributed by atoms with E-state index in [0.29, 0.717) is 11.6 Å². The molecule has 0 atom stereocenters. The third-order valence-electron chi connectivity index (χ3n) is 3.97. The van der Waals surface area contributed by atoms with Crippen molar-refractivity contribution >= 4 is 11.7 Å². The minimum Gasteiger partial charge on any atom is -0.401 e. The fourth-order valence-electron chi connectivity index (χ4n) is 2.28. The van der Waals surface area contributed by atoms with Gasteiger partial charge in [-0.2, -0.15) is 0 Å². The van der Waals surface area contributed by atoms with Crippen molar-refractivity contribution in [1.82, 2.24) is 15.8 Å². The number of allylic oxidation sites excluding steroid dienone is 4. The van der Waals surface area contributed by atoms with Crippen molar-refractivity contribution in [2.24, 2.45) is 11.7 Å². The summed E-state index contributed by atoms with van der Waals surface area (Å²) in [6.07, 6.45) is 10.7. The highest BCUT2D eigenvalue weighted by molar-refractivity contribution is 5.91. The van der Waals surface area contributed by atoms with E-state index in [1.54, 1.807) is 23.2 Å². The van der Waals surface area contributed by atoms with E-state index in [9.17, 15) is 4.79 Å². The quantitative estimate of drug-likeness (QED) is 0.357. The molecule has 0 radical (unpaired) electrons. The molecule has 6 heteroatoms. The fourth-order valence-corrected chi connectivity index (χ4v) is 2.28. The van der Waals surface area contributed by atoms with E-state index in [-0.39, 0.29) is 6.03 Å². The van der Waals surface area contributed by atoms with Crippen molar-refractivity contribution in [1.29, 1.82) is 0 Å². The van der Waals surface area contributed by atoms with Gasteiger partial charge in [0.25, 0.3) is 0 Å². The van der Waals surface area contributed by atoms with E-state index >= 15 is 0 Å². The fraction of sp³-hybridized carbons (Fsp3) is 0.318. The van der Waals surface area contributed by atoms with Crippen molar-refractivity contribution in [2.45, 2.75) is 33.6 Å². The van der Waals surface area contributed by atoms with Crippen LogP contribution in [0.1, 0.15) is 32.3 Å². The number of nitrogens with zero attached hydrogens (tertiary/aromatic N) is 1. The van der Waals surface area contributed by atoms with Crippen LogP contribution < -0.4 is 21.8 Å². The zero-order valence-corrected chi connectivity index (χ0v) is 17.3. The number of nitrogens with two attached hydrogens (primary N) is 1. The zero-order valence-electron chi connectivity index (χ0n) is 17.3. The lowest BCUT2D eigenvalue weighted by Gasteiger charge is -2.15. The monoisotopic (exact) mass is 383 g/mol. The summed E-state index contributed by atoms with van der Waals surface area (Å²) >= 11 is 0. The van der Waals surface area contributed by atoms with Gasteiger partial charge in [0.1, 0.15) is 0 Å². The Morgan fingerprint density at radius 1 is 1.32 bits per heavy atom. The topological polar surface area (TPSA) is 82.4 Å². The van der Waals surface area contributed by atoms with Gasteiger partial charge < -0.3 is 16.4 Å². The van der Waals surface area contributed by atoms with Gasteiger partial charge in [-0.05, 0) is 55.5 Å². The molecule has 1 rings (SSSR count). The maximum absolute atomic E-state index is 12.2. The van der Waals surface area contributed by atoms with Crippen molar-refractivity contribution in [3.63, 3.8) is 0 Å². The Kier molecular flexibility index (Phi) is 10.2. The van der Waals surface area contributed by atoms with Gasteiger partial charge in [-0.25, -0.2) is 10.2 Å². The largest absolute Gasteiger partial charge is 0.401 e. The lowest BCUT2D eigenvalue weighted by Crippen LogP contribution is -2.27. The molecule has 0 aromatic heterocycles. The van der Waals surface area contributed by atoms with Gasteiger partial charge in [0.2, 0.25) is 0 Å². The number of amides is 2. The molecule has 0 bridgehead atoms. The van der Waals surface area contributed by atoms with Crippen molar-refractivity contribution < 1.29 is 4.79 Å². The summed E-state index contributed by atoms with van der Waals surface area (Å²) in [5, 5.41) is 7.36. The average molecular weight is 384 g/mol. The molecule has 0 aliphatic heterocycles. The smallest absolute Gasteiger partial charge is 0.323 e. The predicted octanol–water partition coefficient (Wildman–Crippen LogP) is 4.37. The third kappa shape index (κ3) is 9.09. The molecule has 6 nitrogen and oxygen atoms in total. The number of hydrazine groups is 1. The molecule has 1 aromatic carbocycles. The van der Waals surface area contributed by atoms with Crippen LogP contribution in [0.4, 0.5) is 10.5 Å². The first kappa shape index (κ1) is 23.0. The van der Waals surface area contributed by atoms with Crippen LogP contribution in [-0.4, -0.2) is 18.1 Å². The lowest BCUT2D eigenvalue weighted by atomic mass is 10.1. The molecule has 0 saturated heterocycles. The van der Waals surface area contributed by atoms with E-state index in [1.807, 2.05) is 50.6 Å². The number of para-hydroxylation sites is 1. The number of benzene rings is 1. The van der Waals surface area contributed by atoms with Gasteiger partial charge in [-0.1, -0.05) is 38.6 Å². The van der Waals surface area contributed by atoms with Gasteiger partial charge in [0.15, 0.2) is 0 Å². The molecular formula is C22H33N5O. The van der Waals surface area contributed by atoms with Crippen LogP contribution in [0.25, 0.3) is 0 Å². The Morgan fingerprint density at radius 2 is 2.04 bits per heavy atom. The number of anilines is 1. The molecule has 2 amide bonds. The molecule has 0 saturated carbocycles. The molecule has 5 N–H and O–H groups in total. The summed E-state index contributed by atoms with van der Waals surface area (Å²) in [7, 11) is 1.81. The summed E-state index contributed by atoms with van der Waals surface area (Å²) in [5.41, 5.74) is 12.2. The number of aryl methyl sites for hydroxylation is 1. The first-order valence-corrected chi connectivity index (χ1v) is 9.42. The number of carbonyl (C=O) groups is 1. The highest BCUT2D eigenvalue weighted by atomic mass is 16.2. The van der Waals surface area contributed by atoms with Crippen molar-refractivity contribution in [3.8, 4) is 0 Å². The summed E-state index contributed by atoms with van der Waals surface area (Å²) < 4.78 is 0. The second-order valence-electron chi connectivity index (χ2n) is 6.83. The Bertz CT molecular complexity index is 734. The lowest BCUT2D eigenvalue weighted by molar-refractivity contribution is 0.254. The van der Waals surface area contributed by atoms with Crippen LogP contribution in [-0.2, 0) is 0 Å². The molecule has 1 aromatic rings. The van der Waals surface area contributed by atoms with Crippen LogP contribution in [0.5, 0.6) is 0 Å². The van der Waals surface area contributed by atoms with E-state index in [2.05, 4.69) is 36.5 Å². The summed E-state index contributed by atoms with van der Waals surface area (Å²) in [6.45, 7) is 10.0. The molecule has 0 aliphatic rings. The van der Waals surface area contributed by atoms with E-state index in [0.717, 1.165) is 29.8 Å². The van der Waals surface area contributed by atoms with Gasteiger partial charge in [-0.3, -0.25) is 5.01 Å². The number of hydrogen-bond donors (Lipinski definition) is 4. The summed E-state index contributed by atoms with van der Waals surface area (Å²) in [5.74, 6) is 0.612. The molecule has 28 heavy (non-hydrogen) atoms. The second-order valence-corrected chi connectivity index (χ2v) is 6.83. The van der Waals surface area contributed by atoms with Crippen molar-refractivity contribution in [3.05, 3.63) is 78.4 Å². The molecule has 0 unspecified atom stereocenters. The van der Waals surface area contributed by atoms with Gasteiger partial charge in [-0.15, -0.1) is 0 Å². The first-order valence-electron chi connectivity index (χ1n) is 9.42. The summed E-state index contributed by atoms with van der Waals surface area (Å²) in [6, 6.07) is 7.28. The normalized spacial score (nSPS) is 12.3. The zero-order chi connectivity index (χ0) is 20.9. The van der Waals surface area contributed by atoms with Gasteiger partial charge in [0.05, 0.1) is 0 Å². The van der Waals surface area contributed by atoms with Gasteiger partial charge >= 0.3 is 6.03 Å². The molecule has 0 spiro atoms. The van der Waals surface area contributed by atoms with Crippen LogP contribution in [0, 0.1) is 12.8 Å². The standard InChI is InChI=1S/C22H33N5O/c1-6-20(25-22(28)26-21-12-8-7-10-18(21)4)11-9-15-27(24-5)16-19(23)14-13-17(2)3/h6-12,15-17,24H,1,13-14,23H2,2-5H3,(H2,25,26,28)/b15-9+,19-16-,20-11+. The van der Waals surface area contributed by atoms with Crippen LogP contribution >= 0.6 is 0 Å². The Labute approximate surface area is 168 Å². The first-order chi connectivity index (χ1) is 13.3. The summed E-state index contributed by atoms with van der Waals surface area (Å²) in [4.78, 5) is 12.2. The molecule has 0 fully saturated rings. The van der Waals surface area contributed by atoms with Crippen LogP contribution in [0.3, 0.4) is 0 Å². The predicted molar refractivity (Wildman–Crippen MR) is 118 cm³/mol. The van der Waals surface area contributed by atoms with E-state index in [4.69, 9.17) is 5.73 Å². The van der Waals surface area contributed by atoms with Crippen LogP contribution in [0.15, 0.2) is 72.9 Å². The van der Waals surface area contributed by atoms with Gasteiger partial charge in [0, 0.05) is 36.5 Å². The number of carbonyl (C=O) groups excluding carboxylic acids is 1. The number of rotatable bonds is 10. The third-order valence-corrected chi connectivity index (χ3v) is 3.97. The highest BCUT2D eigenvalue weighted by Crippen LogP contribution is 2.13. The Balaban J connectivity index is 2.67. The highest BCUT2D eigenvalue weighted by Gasteiger charge is 2.04. The SMILES string of the molecule is C=C/C(=C\C=C\N(/C=C(\N)CCC(C)C)NC)NC(=O)Nc1ccccc1C. The number of hydrogen-bond acceptors (Lipinski definition) is 4. The Hall–Kier alpha value is -2.99. The number of nitrogens with one attached hydrogen (secondary N) is 3.